The zero-order chi connectivity index (χ0) is 13.7. The van der Waals surface area contributed by atoms with Crippen LogP contribution in [0.2, 0.25) is 0 Å². The van der Waals surface area contributed by atoms with Gasteiger partial charge in [0.15, 0.2) is 0 Å². The van der Waals surface area contributed by atoms with E-state index >= 15 is 0 Å². The number of carbonyl (C=O) groups excluding carboxylic acids is 2. The minimum absolute atomic E-state index is 0.0237. The molecule has 19 heavy (non-hydrogen) atoms. The molecule has 0 spiro atoms. The number of rotatable bonds is 6. The van der Waals surface area contributed by atoms with Gasteiger partial charge < -0.3 is 10.2 Å². The van der Waals surface area contributed by atoms with Gasteiger partial charge in [0.2, 0.25) is 5.91 Å². The molecule has 7 heteroatoms. The molecule has 1 aliphatic rings. The molecule has 0 saturated carbocycles. The molecule has 1 atom stereocenters. The molecule has 0 bridgehead atoms. The quantitative estimate of drug-likeness (QED) is 0.843. The van der Waals surface area contributed by atoms with Crippen molar-refractivity contribution in [3.05, 3.63) is 18.5 Å². The first kappa shape index (κ1) is 13.9. The van der Waals surface area contributed by atoms with Crippen LogP contribution in [0.4, 0.5) is 4.79 Å². The molecule has 1 aromatic rings. The highest BCUT2D eigenvalue weighted by atomic mass is 32.2. The van der Waals surface area contributed by atoms with Crippen molar-refractivity contribution in [2.75, 3.05) is 18.8 Å². The van der Waals surface area contributed by atoms with Crippen LogP contribution >= 0.6 is 11.8 Å². The van der Waals surface area contributed by atoms with Crippen molar-refractivity contribution >= 4 is 22.9 Å². The second-order valence-corrected chi connectivity index (χ2v) is 5.59. The van der Waals surface area contributed by atoms with Crippen molar-refractivity contribution in [3.8, 4) is 0 Å². The Hall–Kier alpha value is -1.50. The summed E-state index contributed by atoms with van der Waals surface area (Å²) in [6.07, 6.45) is 3.93. The lowest BCUT2D eigenvalue weighted by Gasteiger charge is -2.17. The van der Waals surface area contributed by atoms with Crippen LogP contribution in [-0.2, 0) is 11.3 Å². The first-order valence-corrected chi connectivity index (χ1v) is 7.32. The Morgan fingerprint density at radius 2 is 2.47 bits per heavy atom. The number of aromatic nitrogens is 2. The molecule has 1 fully saturated rings. The van der Waals surface area contributed by atoms with Crippen LogP contribution in [0.5, 0.6) is 0 Å². The van der Waals surface area contributed by atoms with Gasteiger partial charge in [-0.1, -0.05) is 11.8 Å². The first-order valence-electron chi connectivity index (χ1n) is 6.33. The standard InChI is InChI=1S/C12H18N4O2S/c1-10(9-16-5-2-4-13-16)14-11(17)3-6-15-7-8-19-12(15)18/h2,4-5,10H,3,6-9H2,1H3,(H,14,17)/t10-/m0/s1. The highest BCUT2D eigenvalue weighted by molar-refractivity contribution is 8.13. The van der Waals surface area contributed by atoms with Gasteiger partial charge in [0.25, 0.3) is 5.24 Å². The summed E-state index contributed by atoms with van der Waals surface area (Å²) in [5.74, 6) is 0.806. The van der Waals surface area contributed by atoms with E-state index in [0.29, 0.717) is 19.5 Å². The van der Waals surface area contributed by atoms with E-state index in [0.717, 1.165) is 12.3 Å². The molecule has 0 radical (unpaired) electrons. The van der Waals surface area contributed by atoms with Gasteiger partial charge in [-0.05, 0) is 13.0 Å². The topological polar surface area (TPSA) is 67.2 Å². The molecule has 1 saturated heterocycles. The largest absolute Gasteiger partial charge is 0.352 e. The molecule has 1 aliphatic heterocycles. The Morgan fingerprint density at radius 1 is 1.63 bits per heavy atom. The summed E-state index contributed by atoms with van der Waals surface area (Å²) in [4.78, 5) is 24.9. The molecular formula is C12H18N4O2S. The molecule has 0 unspecified atom stereocenters. The van der Waals surface area contributed by atoms with Crippen LogP contribution in [0, 0.1) is 0 Å². The third-order valence-electron chi connectivity index (χ3n) is 2.88. The normalized spacial score (nSPS) is 16.7. The van der Waals surface area contributed by atoms with Gasteiger partial charge in [-0.25, -0.2) is 0 Å². The van der Waals surface area contributed by atoms with Crippen LogP contribution in [0.15, 0.2) is 18.5 Å². The fourth-order valence-corrected chi connectivity index (χ4v) is 2.80. The number of nitrogens with one attached hydrogen (secondary N) is 1. The minimum Gasteiger partial charge on any atom is -0.352 e. The van der Waals surface area contributed by atoms with Crippen LogP contribution in [0.25, 0.3) is 0 Å². The van der Waals surface area contributed by atoms with Crippen molar-refractivity contribution < 1.29 is 9.59 Å². The Labute approximate surface area is 116 Å². The highest BCUT2D eigenvalue weighted by Crippen LogP contribution is 2.16. The Morgan fingerprint density at radius 3 is 3.11 bits per heavy atom. The summed E-state index contributed by atoms with van der Waals surface area (Å²) < 4.78 is 1.78. The molecule has 1 aromatic heterocycles. The van der Waals surface area contributed by atoms with Gasteiger partial charge in [0.05, 0.1) is 6.54 Å². The number of carbonyl (C=O) groups is 2. The maximum atomic E-state index is 11.8. The van der Waals surface area contributed by atoms with Gasteiger partial charge in [-0.15, -0.1) is 0 Å². The SMILES string of the molecule is C[C@@H](Cn1cccn1)NC(=O)CCN1CCSC1=O. The van der Waals surface area contributed by atoms with Crippen molar-refractivity contribution in [2.45, 2.75) is 25.9 Å². The van der Waals surface area contributed by atoms with Gasteiger partial charge in [-0.3, -0.25) is 14.3 Å². The number of nitrogens with zero attached hydrogens (tertiary/aromatic N) is 3. The first-order chi connectivity index (χ1) is 9.15. The Balaban J connectivity index is 1.67. The van der Waals surface area contributed by atoms with Gasteiger partial charge in [0.1, 0.15) is 0 Å². The van der Waals surface area contributed by atoms with Gasteiger partial charge in [-0.2, -0.15) is 5.10 Å². The number of hydrogen-bond acceptors (Lipinski definition) is 4. The molecule has 2 amide bonds. The van der Waals surface area contributed by atoms with E-state index in [9.17, 15) is 9.59 Å². The summed E-state index contributed by atoms with van der Waals surface area (Å²) >= 11 is 1.32. The lowest BCUT2D eigenvalue weighted by molar-refractivity contribution is -0.121. The van der Waals surface area contributed by atoms with E-state index in [-0.39, 0.29) is 17.2 Å². The van der Waals surface area contributed by atoms with Crippen molar-refractivity contribution in [1.29, 1.82) is 0 Å². The number of hydrogen-bond donors (Lipinski definition) is 1. The lowest BCUT2D eigenvalue weighted by atomic mass is 10.3. The lowest BCUT2D eigenvalue weighted by Crippen LogP contribution is -2.38. The Bertz CT molecular complexity index is 435. The molecule has 1 N–H and O–H groups in total. The fraction of sp³-hybridized carbons (Fsp3) is 0.583. The second-order valence-electron chi connectivity index (χ2n) is 4.55. The van der Waals surface area contributed by atoms with E-state index < -0.39 is 0 Å². The third kappa shape index (κ3) is 4.27. The van der Waals surface area contributed by atoms with E-state index in [1.165, 1.54) is 11.8 Å². The molecule has 2 rings (SSSR count). The zero-order valence-electron chi connectivity index (χ0n) is 10.9. The molecule has 0 aromatic carbocycles. The minimum atomic E-state index is -0.0237. The van der Waals surface area contributed by atoms with Gasteiger partial charge in [0, 0.05) is 43.7 Å². The summed E-state index contributed by atoms with van der Waals surface area (Å²) in [6, 6.07) is 1.88. The molecular weight excluding hydrogens is 264 g/mol. The summed E-state index contributed by atoms with van der Waals surface area (Å²) in [7, 11) is 0. The predicted molar refractivity (Wildman–Crippen MR) is 73.9 cm³/mol. The maximum absolute atomic E-state index is 11.8. The average Bonchev–Trinajstić information content (AvgIpc) is 2.98. The fourth-order valence-electron chi connectivity index (χ4n) is 1.95. The summed E-state index contributed by atoms with van der Waals surface area (Å²) in [5, 5.41) is 7.09. The third-order valence-corrected chi connectivity index (χ3v) is 3.77. The zero-order valence-corrected chi connectivity index (χ0v) is 11.7. The average molecular weight is 282 g/mol. The smallest absolute Gasteiger partial charge is 0.281 e. The van der Waals surface area contributed by atoms with E-state index in [4.69, 9.17) is 0 Å². The highest BCUT2D eigenvalue weighted by Gasteiger charge is 2.21. The van der Waals surface area contributed by atoms with Gasteiger partial charge >= 0.3 is 0 Å². The predicted octanol–water partition coefficient (Wildman–Crippen LogP) is 0.947. The van der Waals surface area contributed by atoms with Crippen LogP contribution in [0.1, 0.15) is 13.3 Å². The maximum Gasteiger partial charge on any atom is 0.281 e. The summed E-state index contributed by atoms with van der Waals surface area (Å²) in [5.41, 5.74) is 0. The van der Waals surface area contributed by atoms with E-state index in [2.05, 4.69) is 10.4 Å². The van der Waals surface area contributed by atoms with Crippen LogP contribution < -0.4 is 5.32 Å². The van der Waals surface area contributed by atoms with Crippen LogP contribution in [0.3, 0.4) is 0 Å². The van der Waals surface area contributed by atoms with E-state index in [1.807, 2.05) is 19.2 Å². The monoisotopic (exact) mass is 282 g/mol. The molecule has 6 nitrogen and oxygen atoms in total. The Kier molecular flexibility index (Phi) is 4.84. The molecule has 104 valence electrons. The molecule has 0 aliphatic carbocycles. The second kappa shape index (κ2) is 6.60. The number of thioether (sulfide) groups is 1. The number of amides is 2. The van der Waals surface area contributed by atoms with Crippen molar-refractivity contribution in [1.82, 2.24) is 20.0 Å². The van der Waals surface area contributed by atoms with Crippen molar-refractivity contribution in [2.24, 2.45) is 0 Å². The van der Waals surface area contributed by atoms with E-state index in [1.54, 1.807) is 15.8 Å². The molecule has 2 heterocycles. The van der Waals surface area contributed by atoms with Crippen LogP contribution in [-0.4, -0.2) is 50.7 Å². The van der Waals surface area contributed by atoms with Crippen molar-refractivity contribution in [3.63, 3.8) is 0 Å². The summed E-state index contributed by atoms with van der Waals surface area (Å²) in [6.45, 7) is 3.85.